The minimum atomic E-state index is -0.174. The van der Waals surface area contributed by atoms with Crippen LogP contribution in [0.3, 0.4) is 0 Å². The van der Waals surface area contributed by atoms with E-state index in [1.54, 1.807) is 13.2 Å². The highest BCUT2D eigenvalue weighted by Crippen LogP contribution is 2.24. The molecule has 3 rings (SSSR count). The number of ether oxygens (including phenoxy) is 1. The smallest absolute Gasteiger partial charge is 0.270 e. The Morgan fingerprint density at radius 2 is 1.83 bits per heavy atom. The van der Waals surface area contributed by atoms with Gasteiger partial charge >= 0.3 is 0 Å². The maximum absolute atomic E-state index is 12.3. The van der Waals surface area contributed by atoms with Crippen molar-refractivity contribution >= 4 is 16.8 Å². The Balaban J connectivity index is 1.63. The van der Waals surface area contributed by atoms with E-state index < -0.39 is 0 Å². The molecule has 0 aliphatic rings. The molecule has 3 aromatic rings. The minimum absolute atomic E-state index is 0.174. The molecule has 0 fully saturated rings. The second kappa shape index (κ2) is 7.59. The average Bonchev–Trinajstić information content (AvgIpc) is 2.65. The second-order valence-electron chi connectivity index (χ2n) is 5.57. The molecule has 4 nitrogen and oxygen atoms in total. The first-order valence-electron chi connectivity index (χ1n) is 8.04. The van der Waals surface area contributed by atoms with Crippen molar-refractivity contribution in [1.82, 2.24) is 10.3 Å². The molecule has 0 spiro atoms. The van der Waals surface area contributed by atoms with Crippen molar-refractivity contribution in [3.8, 4) is 5.75 Å². The fraction of sp³-hybridized carbons (Fsp3) is 0.200. The lowest BCUT2D eigenvalue weighted by atomic mass is 10.1. The number of nitrogens with one attached hydrogen (secondary N) is 1. The van der Waals surface area contributed by atoms with Gasteiger partial charge in [0.05, 0.1) is 12.6 Å². The number of rotatable bonds is 6. The van der Waals surface area contributed by atoms with E-state index >= 15 is 0 Å². The van der Waals surface area contributed by atoms with E-state index in [2.05, 4.69) is 22.4 Å². The van der Waals surface area contributed by atoms with Gasteiger partial charge in [-0.25, -0.2) is 4.98 Å². The Hall–Kier alpha value is -2.88. The third kappa shape index (κ3) is 3.71. The molecule has 0 atom stereocenters. The molecule has 1 aromatic heterocycles. The highest BCUT2D eigenvalue weighted by Gasteiger charge is 2.11. The van der Waals surface area contributed by atoms with Crippen molar-refractivity contribution in [2.75, 3.05) is 13.7 Å². The van der Waals surface area contributed by atoms with Crippen LogP contribution in [0.2, 0.25) is 0 Å². The first-order valence-corrected chi connectivity index (χ1v) is 8.04. The molecule has 0 saturated heterocycles. The molecule has 0 aliphatic carbocycles. The van der Waals surface area contributed by atoms with Crippen LogP contribution in [0.5, 0.6) is 5.75 Å². The van der Waals surface area contributed by atoms with Crippen LogP contribution in [0.25, 0.3) is 10.9 Å². The van der Waals surface area contributed by atoms with Gasteiger partial charge in [0.25, 0.3) is 5.91 Å². The molecule has 2 aromatic carbocycles. The highest BCUT2D eigenvalue weighted by molar-refractivity contribution is 5.96. The van der Waals surface area contributed by atoms with E-state index in [1.165, 1.54) is 5.56 Å². The number of hydrogen-bond acceptors (Lipinski definition) is 3. The maximum atomic E-state index is 12.3. The van der Waals surface area contributed by atoms with Gasteiger partial charge in [-0.2, -0.15) is 0 Å². The van der Waals surface area contributed by atoms with Gasteiger partial charge in [-0.1, -0.05) is 42.5 Å². The Morgan fingerprint density at radius 1 is 1.08 bits per heavy atom. The number of hydrogen-bond donors (Lipinski definition) is 1. The number of carbonyl (C=O) groups is 1. The van der Waals surface area contributed by atoms with Crippen LogP contribution < -0.4 is 10.1 Å². The lowest BCUT2D eigenvalue weighted by Crippen LogP contribution is -2.25. The Bertz CT molecular complexity index is 831. The molecule has 0 unspecified atom stereocenters. The standard InChI is InChI=1S/C20H20N2O2/c1-24-19-14-18(22-17-12-6-5-11-16(17)19)20(23)21-13-7-10-15-8-3-2-4-9-15/h2-6,8-9,11-12,14H,7,10,13H2,1H3,(H,21,23). The van der Waals surface area contributed by atoms with Crippen molar-refractivity contribution in [2.45, 2.75) is 12.8 Å². The zero-order chi connectivity index (χ0) is 16.8. The summed E-state index contributed by atoms with van der Waals surface area (Å²) >= 11 is 0. The number of amides is 1. The summed E-state index contributed by atoms with van der Waals surface area (Å²) in [5, 5.41) is 3.83. The molecule has 4 heteroatoms. The fourth-order valence-electron chi connectivity index (χ4n) is 2.66. The molecule has 0 saturated carbocycles. The molecular formula is C20H20N2O2. The topological polar surface area (TPSA) is 51.2 Å². The molecular weight excluding hydrogens is 300 g/mol. The number of para-hydroxylation sites is 1. The first-order chi connectivity index (χ1) is 11.8. The van der Waals surface area contributed by atoms with Crippen molar-refractivity contribution in [3.05, 3.63) is 71.9 Å². The van der Waals surface area contributed by atoms with Crippen LogP contribution in [0.15, 0.2) is 60.7 Å². The van der Waals surface area contributed by atoms with E-state index in [4.69, 9.17) is 4.74 Å². The average molecular weight is 320 g/mol. The Kier molecular flexibility index (Phi) is 5.06. The summed E-state index contributed by atoms with van der Waals surface area (Å²) in [5.74, 6) is 0.488. The van der Waals surface area contributed by atoms with Gasteiger partial charge < -0.3 is 10.1 Å². The lowest BCUT2D eigenvalue weighted by molar-refractivity contribution is 0.0948. The van der Waals surface area contributed by atoms with E-state index in [-0.39, 0.29) is 5.91 Å². The number of fused-ring (bicyclic) bond motifs is 1. The summed E-state index contributed by atoms with van der Waals surface area (Å²) in [4.78, 5) is 16.8. The van der Waals surface area contributed by atoms with E-state index in [9.17, 15) is 4.79 Å². The third-order valence-corrected chi connectivity index (χ3v) is 3.90. The zero-order valence-electron chi connectivity index (χ0n) is 13.7. The summed E-state index contributed by atoms with van der Waals surface area (Å²) in [5.41, 5.74) is 2.41. The number of benzene rings is 2. The molecule has 1 heterocycles. The van der Waals surface area contributed by atoms with Crippen LogP contribution in [0.1, 0.15) is 22.5 Å². The predicted octanol–water partition coefficient (Wildman–Crippen LogP) is 3.61. The van der Waals surface area contributed by atoms with Crippen molar-refractivity contribution < 1.29 is 9.53 Å². The van der Waals surface area contributed by atoms with E-state index in [0.29, 0.717) is 18.0 Å². The SMILES string of the molecule is COc1cc(C(=O)NCCCc2ccccc2)nc2ccccc12. The van der Waals surface area contributed by atoms with Gasteiger partial charge in [0.1, 0.15) is 11.4 Å². The summed E-state index contributed by atoms with van der Waals surface area (Å²) in [6.45, 7) is 0.616. The zero-order valence-corrected chi connectivity index (χ0v) is 13.7. The molecule has 0 aliphatic heterocycles. The second-order valence-corrected chi connectivity index (χ2v) is 5.57. The van der Waals surface area contributed by atoms with Crippen molar-refractivity contribution in [2.24, 2.45) is 0 Å². The molecule has 1 N–H and O–H groups in total. The first kappa shape index (κ1) is 16.0. The van der Waals surface area contributed by atoms with Crippen LogP contribution in [-0.4, -0.2) is 24.5 Å². The van der Waals surface area contributed by atoms with Gasteiger partial charge in [0.15, 0.2) is 0 Å². The van der Waals surface area contributed by atoms with Crippen LogP contribution in [-0.2, 0) is 6.42 Å². The molecule has 122 valence electrons. The number of methoxy groups -OCH3 is 1. The minimum Gasteiger partial charge on any atom is -0.496 e. The van der Waals surface area contributed by atoms with Crippen molar-refractivity contribution in [3.63, 3.8) is 0 Å². The molecule has 1 amide bonds. The van der Waals surface area contributed by atoms with Crippen LogP contribution in [0.4, 0.5) is 0 Å². The number of pyridine rings is 1. The summed E-state index contributed by atoms with van der Waals surface area (Å²) in [6.07, 6.45) is 1.83. The largest absolute Gasteiger partial charge is 0.496 e. The number of carbonyl (C=O) groups excluding carboxylic acids is 1. The van der Waals surface area contributed by atoms with Crippen molar-refractivity contribution in [1.29, 1.82) is 0 Å². The fourth-order valence-corrected chi connectivity index (χ4v) is 2.66. The van der Waals surface area contributed by atoms with Gasteiger partial charge in [-0.15, -0.1) is 0 Å². The van der Waals surface area contributed by atoms with Gasteiger partial charge in [0, 0.05) is 18.0 Å². The van der Waals surface area contributed by atoms with Crippen LogP contribution in [0, 0.1) is 0 Å². The Morgan fingerprint density at radius 3 is 2.62 bits per heavy atom. The predicted molar refractivity (Wildman–Crippen MR) is 95.4 cm³/mol. The number of aromatic nitrogens is 1. The maximum Gasteiger partial charge on any atom is 0.270 e. The lowest BCUT2D eigenvalue weighted by Gasteiger charge is -2.09. The molecule has 0 bridgehead atoms. The summed E-state index contributed by atoms with van der Waals surface area (Å²) in [6, 6.07) is 19.6. The number of nitrogens with zero attached hydrogens (tertiary/aromatic N) is 1. The van der Waals surface area contributed by atoms with E-state index in [0.717, 1.165) is 23.7 Å². The van der Waals surface area contributed by atoms with Gasteiger partial charge in [-0.05, 0) is 30.5 Å². The normalized spacial score (nSPS) is 10.5. The summed E-state index contributed by atoms with van der Waals surface area (Å²) < 4.78 is 5.38. The number of aryl methyl sites for hydroxylation is 1. The van der Waals surface area contributed by atoms with Gasteiger partial charge in [-0.3, -0.25) is 4.79 Å². The molecule has 24 heavy (non-hydrogen) atoms. The quantitative estimate of drug-likeness (QED) is 0.706. The molecule has 0 radical (unpaired) electrons. The summed E-state index contributed by atoms with van der Waals surface area (Å²) in [7, 11) is 1.60. The van der Waals surface area contributed by atoms with Crippen LogP contribution >= 0.6 is 0 Å². The monoisotopic (exact) mass is 320 g/mol. The Labute approximate surface area is 141 Å². The van der Waals surface area contributed by atoms with E-state index in [1.807, 2.05) is 42.5 Å². The van der Waals surface area contributed by atoms with Gasteiger partial charge in [0.2, 0.25) is 0 Å². The third-order valence-electron chi connectivity index (χ3n) is 3.90. The highest BCUT2D eigenvalue weighted by atomic mass is 16.5.